The summed E-state index contributed by atoms with van der Waals surface area (Å²) in [7, 11) is 0. The van der Waals surface area contributed by atoms with Gasteiger partial charge in [0.1, 0.15) is 0 Å². The van der Waals surface area contributed by atoms with Gasteiger partial charge in [0.25, 0.3) is 0 Å². The molecule has 1 amide bonds. The Bertz CT molecular complexity index is 965. The lowest BCUT2D eigenvalue weighted by molar-refractivity contribution is -0.128. The van der Waals surface area contributed by atoms with Gasteiger partial charge in [-0.1, -0.05) is 24.3 Å². The van der Waals surface area contributed by atoms with Gasteiger partial charge in [0.2, 0.25) is 11.7 Å². The van der Waals surface area contributed by atoms with Crippen molar-refractivity contribution >= 4 is 17.7 Å². The summed E-state index contributed by atoms with van der Waals surface area (Å²) < 4.78 is 5.45. The summed E-state index contributed by atoms with van der Waals surface area (Å²) in [4.78, 5) is 38.9. The summed E-state index contributed by atoms with van der Waals surface area (Å²) in [6, 6.07) is 12.8. The highest BCUT2D eigenvalue weighted by atomic mass is 16.5. The molecule has 2 aliphatic rings. The van der Waals surface area contributed by atoms with Crippen molar-refractivity contribution in [3.05, 3.63) is 70.3 Å². The van der Waals surface area contributed by atoms with Crippen LogP contribution in [0, 0.1) is 0 Å². The number of esters is 1. The number of nitrogens with zero attached hydrogens (tertiary/aromatic N) is 1. The predicted molar refractivity (Wildman–Crippen MR) is 109 cm³/mol. The third-order valence-corrected chi connectivity index (χ3v) is 5.74. The molecule has 1 atom stereocenters. The topological polar surface area (TPSA) is 63.7 Å². The third kappa shape index (κ3) is 4.24. The summed E-state index contributed by atoms with van der Waals surface area (Å²) in [5.74, 6) is -0.569. The molecule has 0 radical (unpaired) electrons. The van der Waals surface area contributed by atoms with E-state index in [1.165, 1.54) is 11.1 Å². The van der Waals surface area contributed by atoms with Crippen LogP contribution in [0.25, 0.3) is 0 Å². The summed E-state index contributed by atoms with van der Waals surface area (Å²) >= 11 is 0. The van der Waals surface area contributed by atoms with Gasteiger partial charge < -0.3 is 9.64 Å². The highest BCUT2D eigenvalue weighted by Crippen LogP contribution is 2.24. The Balaban J connectivity index is 1.41. The molecule has 0 aromatic heterocycles. The maximum absolute atomic E-state index is 12.7. The van der Waals surface area contributed by atoms with Crippen LogP contribution >= 0.6 is 0 Å². The van der Waals surface area contributed by atoms with Crippen LogP contribution in [0.2, 0.25) is 0 Å². The molecule has 1 unspecified atom stereocenters. The van der Waals surface area contributed by atoms with E-state index in [0.29, 0.717) is 24.1 Å². The van der Waals surface area contributed by atoms with E-state index in [1.54, 1.807) is 30.0 Å². The van der Waals surface area contributed by atoms with Gasteiger partial charge in [-0.15, -0.1) is 0 Å². The molecule has 2 aromatic rings. The molecule has 0 saturated carbocycles. The first-order chi connectivity index (χ1) is 14.0. The van der Waals surface area contributed by atoms with Crippen molar-refractivity contribution in [2.24, 2.45) is 0 Å². The van der Waals surface area contributed by atoms with Crippen LogP contribution in [0.1, 0.15) is 63.6 Å². The molecule has 1 aliphatic heterocycles. The fourth-order valence-electron chi connectivity index (χ4n) is 4.13. The van der Waals surface area contributed by atoms with Crippen LogP contribution in [0.4, 0.5) is 0 Å². The average molecular weight is 391 g/mol. The lowest BCUT2D eigenvalue weighted by atomic mass is 10.0. The van der Waals surface area contributed by atoms with Gasteiger partial charge in [0, 0.05) is 25.1 Å². The lowest BCUT2D eigenvalue weighted by Gasteiger charge is -2.16. The molecule has 5 nitrogen and oxygen atoms in total. The van der Waals surface area contributed by atoms with Crippen LogP contribution in [-0.2, 0) is 28.9 Å². The maximum Gasteiger partial charge on any atom is 0.338 e. The number of fused-ring (bicyclic) bond motifs is 1. The minimum atomic E-state index is -0.856. The maximum atomic E-state index is 12.7. The van der Waals surface area contributed by atoms with Crippen molar-refractivity contribution in [2.45, 2.75) is 51.7 Å². The number of likely N-dealkylation sites (tertiary alicyclic amines) is 1. The molecule has 1 aliphatic carbocycles. The Morgan fingerprint density at radius 3 is 2.62 bits per heavy atom. The second-order valence-electron chi connectivity index (χ2n) is 7.87. The fraction of sp³-hybridized carbons (Fsp3) is 0.375. The van der Waals surface area contributed by atoms with E-state index in [9.17, 15) is 14.4 Å². The Morgan fingerprint density at radius 2 is 1.83 bits per heavy atom. The zero-order valence-corrected chi connectivity index (χ0v) is 16.6. The van der Waals surface area contributed by atoms with Gasteiger partial charge in [-0.3, -0.25) is 9.59 Å². The average Bonchev–Trinajstić information content (AvgIpc) is 3.36. The second kappa shape index (κ2) is 8.19. The first-order valence-electron chi connectivity index (χ1n) is 10.2. The molecule has 0 spiro atoms. The molecule has 1 fully saturated rings. The normalized spacial score (nSPS) is 16.6. The third-order valence-electron chi connectivity index (χ3n) is 5.74. The molecule has 0 N–H and O–H groups in total. The number of amides is 1. The quantitative estimate of drug-likeness (QED) is 0.556. The SMILES string of the molecule is CC(OC(=O)c1cccc(CN2CCCC2=O)c1)C(=O)c1ccc2c(c1)CCC2. The molecular formula is C24H25NO4. The Morgan fingerprint density at radius 1 is 1.00 bits per heavy atom. The van der Waals surface area contributed by atoms with Crippen LogP contribution in [0.5, 0.6) is 0 Å². The highest BCUT2D eigenvalue weighted by molar-refractivity contribution is 6.01. The van der Waals surface area contributed by atoms with Crippen molar-refractivity contribution in [3.63, 3.8) is 0 Å². The van der Waals surface area contributed by atoms with Crippen LogP contribution in [0.15, 0.2) is 42.5 Å². The van der Waals surface area contributed by atoms with Crippen LogP contribution < -0.4 is 0 Å². The first-order valence-corrected chi connectivity index (χ1v) is 10.2. The number of ether oxygens (including phenoxy) is 1. The number of carbonyl (C=O) groups excluding carboxylic acids is 3. The summed E-state index contributed by atoms with van der Waals surface area (Å²) in [5.41, 5.74) is 4.39. The predicted octanol–water partition coefficient (Wildman–Crippen LogP) is 3.73. The molecule has 1 saturated heterocycles. The van der Waals surface area contributed by atoms with Crippen molar-refractivity contribution in [1.82, 2.24) is 4.90 Å². The molecule has 2 aromatic carbocycles. The Hall–Kier alpha value is -2.95. The molecule has 1 heterocycles. The summed E-state index contributed by atoms with van der Waals surface area (Å²) in [6.45, 7) is 2.85. The summed E-state index contributed by atoms with van der Waals surface area (Å²) in [6.07, 6.45) is 3.79. The monoisotopic (exact) mass is 391 g/mol. The highest BCUT2D eigenvalue weighted by Gasteiger charge is 2.23. The van der Waals surface area contributed by atoms with Crippen molar-refractivity contribution in [3.8, 4) is 0 Å². The van der Waals surface area contributed by atoms with Crippen LogP contribution in [0.3, 0.4) is 0 Å². The molecule has 29 heavy (non-hydrogen) atoms. The number of benzene rings is 2. The molecule has 0 bridgehead atoms. The van der Waals surface area contributed by atoms with Crippen molar-refractivity contribution < 1.29 is 19.1 Å². The minimum absolute atomic E-state index is 0.145. The molecular weight excluding hydrogens is 366 g/mol. The standard InChI is InChI=1S/C24H25NO4/c1-16(23(27)20-11-10-18-6-3-7-19(18)14-20)29-24(28)21-8-2-5-17(13-21)15-25-12-4-9-22(25)26/h2,5,8,10-11,13-14,16H,3-4,6-7,9,12,15H2,1H3. The second-order valence-corrected chi connectivity index (χ2v) is 7.87. The van der Waals surface area contributed by atoms with E-state index < -0.39 is 12.1 Å². The van der Waals surface area contributed by atoms with Crippen LogP contribution in [-0.4, -0.2) is 35.2 Å². The number of hydrogen-bond donors (Lipinski definition) is 0. The fourth-order valence-corrected chi connectivity index (χ4v) is 4.13. The van der Waals surface area contributed by atoms with Gasteiger partial charge in [0.05, 0.1) is 5.56 Å². The first kappa shape index (κ1) is 19.4. The van der Waals surface area contributed by atoms with E-state index in [0.717, 1.165) is 37.8 Å². The molecule has 150 valence electrons. The van der Waals surface area contributed by atoms with Gasteiger partial charge in [0.15, 0.2) is 6.10 Å². The van der Waals surface area contributed by atoms with E-state index in [1.807, 2.05) is 24.3 Å². The number of carbonyl (C=O) groups is 3. The van der Waals surface area contributed by atoms with E-state index in [-0.39, 0.29) is 11.7 Å². The zero-order valence-electron chi connectivity index (χ0n) is 16.6. The Kier molecular flexibility index (Phi) is 5.47. The van der Waals surface area contributed by atoms with Gasteiger partial charge >= 0.3 is 5.97 Å². The largest absolute Gasteiger partial charge is 0.451 e. The number of ketones is 1. The summed E-state index contributed by atoms with van der Waals surface area (Å²) in [5, 5.41) is 0. The molecule has 4 rings (SSSR count). The number of aryl methyl sites for hydroxylation is 2. The van der Waals surface area contributed by atoms with Crippen molar-refractivity contribution in [1.29, 1.82) is 0 Å². The number of rotatable bonds is 6. The molecule has 5 heteroatoms. The minimum Gasteiger partial charge on any atom is -0.451 e. The zero-order chi connectivity index (χ0) is 20.4. The number of Topliss-reactive ketones (excluding diaryl/α,β-unsaturated/α-hetero) is 1. The van der Waals surface area contributed by atoms with Crippen molar-refractivity contribution in [2.75, 3.05) is 6.54 Å². The van der Waals surface area contributed by atoms with Gasteiger partial charge in [-0.25, -0.2) is 4.79 Å². The van der Waals surface area contributed by atoms with E-state index in [4.69, 9.17) is 4.74 Å². The van der Waals surface area contributed by atoms with Gasteiger partial charge in [-0.2, -0.15) is 0 Å². The van der Waals surface area contributed by atoms with E-state index in [2.05, 4.69) is 0 Å². The smallest absolute Gasteiger partial charge is 0.338 e. The number of hydrogen-bond acceptors (Lipinski definition) is 4. The lowest BCUT2D eigenvalue weighted by Crippen LogP contribution is -2.25. The van der Waals surface area contributed by atoms with E-state index >= 15 is 0 Å². The Labute approximate surface area is 170 Å². The van der Waals surface area contributed by atoms with Gasteiger partial charge in [-0.05, 0) is 67.5 Å².